The Bertz CT molecular complexity index is 601. The van der Waals surface area contributed by atoms with Crippen LogP contribution in [0.25, 0.3) is 6.08 Å². The van der Waals surface area contributed by atoms with Gasteiger partial charge in [0.2, 0.25) is 0 Å². The molecular weight excluding hydrogens is 302 g/mol. The monoisotopic (exact) mass is 329 g/mol. The quantitative estimate of drug-likeness (QED) is 0.825. The number of methoxy groups -OCH3 is 1. The predicted octanol–water partition coefficient (Wildman–Crippen LogP) is 4.57. The first-order valence-corrected chi connectivity index (χ1v) is 8.56. The largest absolute Gasteiger partial charge is 0.502 e. The zero-order valence-corrected chi connectivity index (χ0v) is 14.7. The summed E-state index contributed by atoms with van der Waals surface area (Å²) in [7, 11) is 1.63. The maximum Gasteiger partial charge on any atom is 0.142 e. The second-order valence-electron chi connectivity index (χ2n) is 5.97. The molecule has 1 aliphatic heterocycles. The molecule has 0 unspecified atom stereocenters. The summed E-state index contributed by atoms with van der Waals surface area (Å²) in [6, 6.07) is 6.22. The van der Waals surface area contributed by atoms with Gasteiger partial charge in [0.15, 0.2) is 0 Å². The van der Waals surface area contributed by atoms with E-state index < -0.39 is 0 Å². The van der Waals surface area contributed by atoms with Crippen molar-refractivity contribution in [3.8, 4) is 5.75 Å². The molecule has 0 radical (unpaired) electrons. The van der Waals surface area contributed by atoms with E-state index in [9.17, 15) is 4.79 Å². The van der Waals surface area contributed by atoms with E-state index in [1.54, 1.807) is 7.11 Å². The highest BCUT2D eigenvalue weighted by molar-refractivity contribution is 5.81. The maximum absolute atomic E-state index is 11.2. The van der Waals surface area contributed by atoms with E-state index in [4.69, 9.17) is 9.47 Å². The van der Waals surface area contributed by atoms with Gasteiger partial charge in [0, 0.05) is 25.8 Å². The molecule has 1 aromatic carbocycles. The van der Waals surface area contributed by atoms with E-state index in [1.165, 1.54) is 11.1 Å². The van der Waals surface area contributed by atoms with E-state index in [2.05, 4.69) is 30.1 Å². The van der Waals surface area contributed by atoms with Crippen LogP contribution in [0.4, 0.5) is 5.69 Å². The second kappa shape index (κ2) is 9.16. The molecule has 0 saturated heterocycles. The number of carbonyl (C=O) groups is 1. The number of nitrogens with one attached hydrogen (secondary N) is 1. The van der Waals surface area contributed by atoms with E-state index in [-0.39, 0.29) is 0 Å². The molecule has 0 atom stereocenters. The van der Waals surface area contributed by atoms with Crippen molar-refractivity contribution in [1.29, 1.82) is 0 Å². The Morgan fingerprint density at radius 3 is 2.71 bits per heavy atom. The molecule has 1 aliphatic carbocycles. The van der Waals surface area contributed by atoms with E-state index in [0.717, 1.165) is 49.6 Å². The number of fused-ring (bicyclic) bond motifs is 1. The SMILES string of the molecule is C=C(CC)OC.O=C1CCC(=Cc2ccc3c(c2)NCCO3)CC1. The van der Waals surface area contributed by atoms with Crippen LogP contribution < -0.4 is 10.1 Å². The van der Waals surface area contributed by atoms with Gasteiger partial charge in [-0.25, -0.2) is 0 Å². The number of Topliss-reactive ketones (excluding diaryl/α,β-unsaturated/α-hetero) is 1. The zero-order valence-electron chi connectivity index (χ0n) is 14.7. The maximum atomic E-state index is 11.2. The molecule has 0 bridgehead atoms. The zero-order chi connectivity index (χ0) is 17.4. The van der Waals surface area contributed by atoms with E-state index >= 15 is 0 Å². The lowest BCUT2D eigenvalue weighted by Crippen LogP contribution is -2.17. The molecule has 0 aromatic heterocycles. The van der Waals surface area contributed by atoms with Gasteiger partial charge in [-0.3, -0.25) is 4.79 Å². The highest BCUT2D eigenvalue weighted by Crippen LogP contribution is 2.30. The van der Waals surface area contributed by atoms with E-state index in [1.807, 2.05) is 13.0 Å². The number of benzene rings is 1. The van der Waals surface area contributed by atoms with Crippen molar-refractivity contribution >= 4 is 17.5 Å². The Kier molecular flexibility index (Phi) is 6.91. The first kappa shape index (κ1) is 18.1. The second-order valence-corrected chi connectivity index (χ2v) is 5.97. The fourth-order valence-corrected chi connectivity index (χ4v) is 2.62. The van der Waals surface area contributed by atoms with Crippen molar-refractivity contribution in [1.82, 2.24) is 0 Å². The normalized spacial score (nSPS) is 15.9. The fourth-order valence-electron chi connectivity index (χ4n) is 2.62. The standard InChI is InChI=1S/C15H17NO2.C5H10O/c17-13-4-1-11(2-5-13)9-12-3-6-15-14(10-12)16-7-8-18-15;1-4-5(2)6-3/h3,6,9-10,16H,1-2,4-5,7-8H2;2,4H2,1,3H3. The van der Waals surface area contributed by atoms with Crippen LogP contribution in [0.3, 0.4) is 0 Å². The van der Waals surface area contributed by atoms with Gasteiger partial charge in [-0.1, -0.05) is 31.2 Å². The summed E-state index contributed by atoms with van der Waals surface area (Å²) in [5, 5.41) is 3.34. The molecule has 1 fully saturated rings. The van der Waals surface area contributed by atoms with Crippen LogP contribution in [-0.2, 0) is 9.53 Å². The third-order valence-electron chi connectivity index (χ3n) is 4.18. The number of allylic oxidation sites excluding steroid dienone is 2. The smallest absolute Gasteiger partial charge is 0.142 e. The molecule has 1 N–H and O–H groups in total. The summed E-state index contributed by atoms with van der Waals surface area (Å²) < 4.78 is 10.3. The molecule has 2 aliphatic rings. The third kappa shape index (κ3) is 5.44. The van der Waals surface area contributed by atoms with Crippen molar-refractivity contribution in [2.75, 3.05) is 25.6 Å². The number of rotatable bonds is 3. The summed E-state index contributed by atoms with van der Waals surface area (Å²) in [4.78, 5) is 11.2. The Morgan fingerprint density at radius 2 is 2.08 bits per heavy atom. The number of hydrogen-bond acceptors (Lipinski definition) is 4. The van der Waals surface area contributed by atoms with Gasteiger partial charge in [-0.2, -0.15) is 0 Å². The highest BCUT2D eigenvalue weighted by atomic mass is 16.5. The van der Waals surface area contributed by atoms with Crippen LogP contribution in [-0.4, -0.2) is 26.0 Å². The van der Waals surface area contributed by atoms with Gasteiger partial charge in [0.25, 0.3) is 0 Å². The average molecular weight is 329 g/mol. The molecule has 130 valence electrons. The van der Waals surface area contributed by atoms with Crippen molar-refractivity contribution in [2.24, 2.45) is 0 Å². The minimum atomic E-state index is 0.396. The predicted molar refractivity (Wildman–Crippen MR) is 98.3 cm³/mol. The molecule has 1 heterocycles. The minimum absolute atomic E-state index is 0.396. The van der Waals surface area contributed by atoms with Crippen LogP contribution in [0.1, 0.15) is 44.6 Å². The number of ether oxygens (including phenoxy) is 2. The Balaban J connectivity index is 0.000000301. The molecule has 4 nitrogen and oxygen atoms in total. The summed E-state index contributed by atoms with van der Waals surface area (Å²) >= 11 is 0. The molecule has 3 rings (SSSR count). The van der Waals surface area contributed by atoms with Crippen LogP contribution in [0.5, 0.6) is 5.75 Å². The lowest BCUT2D eigenvalue weighted by molar-refractivity contribution is -0.119. The van der Waals surface area contributed by atoms with Crippen LogP contribution in [0.2, 0.25) is 0 Å². The number of anilines is 1. The van der Waals surface area contributed by atoms with Crippen LogP contribution in [0, 0.1) is 0 Å². The Morgan fingerprint density at radius 1 is 1.33 bits per heavy atom. The molecule has 4 heteroatoms. The summed E-state index contributed by atoms with van der Waals surface area (Å²) in [6.45, 7) is 7.17. The summed E-state index contributed by atoms with van der Waals surface area (Å²) in [5.74, 6) is 2.17. The molecule has 1 saturated carbocycles. The third-order valence-corrected chi connectivity index (χ3v) is 4.18. The molecule has 24 heavy (non-hydrogen) atoms. The first-order chi connectivity index (χ1) is 11.6. The van der Waals surface area contributed by atoms with Crippen molar-refractivity contribution < 1.29 is 14.3 Å². The lowest BCUT2D eigenvalue weighted by atomic mass is 9.92. The van der Waals surface area contributed by atoms with Crippen LogP contribution >= 0.6 is 0 Å². The number of carbonyl (C=O) groups excluding carboxylic acids is 1. The van der Waals surface area contributed by atoms with Gasteiger partial charge >= 0.3 is 0 Å². The van der Waals surface area contributed by atoms with Crippen molar-refractivity contribution in [3.63, 3.8) is 0 Å². The Labute approximate surface area is 144 Å². The van der Waals surface area contributed by atoms with Crippen molar-refractivity contribution in [3.05, 3.63) is 41.7 Å². The van der Waals surface area contributed by atoms with Gasteiger partial charge in [0.1, 0.15) is 18.1 Å². The van der Waals surface area contributed by atoms with Crippen LogP contribution in [0.15, 0.2) is 36.1 Å². The van der Waals surface area contributed by atoms with Gasteiger partial charge in [-0.05, 0) is 30.5 Å². The van der Waals surface area contributed by atoms with E-state index in [0.29, 0.717) is 18.6 Å². The minimum Gasteiger partial charge on any atom is -0.502 e. The van der Waals surface area contributed by atoms with Gasteiger partial charge < -0.3 is 14.8 Å². The fraction of sp³-hybridized carbons (Fsp3) is 0.450. The lowest BCUT2D eigenvalue weighted by Gasteiger charge is -2.19. The van der Waals surface area contributed by atoms with Gasteiger partial charge in [0.05, 0.1) is 18.6 Å². The summed E-state index contributed by atoms with van der Waals surface area (Å²) in [5.41, 5.74) is 3.64. The number of hydrogen-bond donors (Lipinski definition) is 1. The van der Waals surface area contributed by atoms with Gasteiger partial charge in [-0.15, -0.1) is 0 Å². The average Bonchev–Trinajstić information content (AvgIpc) is 2.63. The molecule has 0 amide bonds. The first-order valence-electron chi connectivity index (χ1n) is 8.56. The van der Waals surface area contributed by atoms with Crippen molar-refractivity contribution in [2.45, 2.75) is 39.0 Å². The molecule has 1 aromatic rings. The highest BCUT2D eigenvalue weighted by Gasteiger charge is 2.13. The molecular formula is C20H27NO3. The summed E-state index contributed by atoms with van der Waals surface area (Å²) in [6.07, 6.45) is 6.37. The Hall–Kier alpha value is -2.23. The molecule has 0 spiro atoms. The topological polar surface area (TPSA) is 47.6 Å². The number of ketones is 1.